The fraction of sp³-hybridized carbons (Fsp3) is 0.273. The maximum atomic E-state index is 13.7. The first-order valence-electron chi connectivity index (χ1n) is 9.68. The first-order valence-corrected chi connectivity index (χ1v) is 10.1. The van der Waals surface area contributed by atoms with Gasteiger partial charge in [-0.3, -0.25) is 9.48 Å². The van der Waals surface area contributed by atoms with Crippen molar-refractivity contribution in [1.82, 2.24) is 20.4 Å². The van der Waals surface area contributed by atoms with Crippen molar-refractivity contribution in [2.75, 3.05) is 13.1 Å². The lowest BCUT2D eigenvalue weighted by Gasteiger charge is -2.33. The van der Waals surface area contributed by atoms with Gasteiger partial charge in [-0.05, 0) is 48.9 Å². The highest BCUT2D eigenvalue weighted by Gasteiger charge is 2.29. The van der Waals surface area contributed by atoms with Gasteiger partial charge in [0.15, 0.2) is 0 Å². The molecule has 5 nitrogen and oxygen atoms in total. The maximum Gasteiger partial charge on any atom is 0.253 e. The smallest absolute Gasteiger partial charge is 0.253 e. The second kappa shape index (κ2) is 9.77. The lowest BCUT2D eigenvalue weighted by molar-refractivity contribution is 0.0924. The average molecular weight is 467 g/mol. The topological polar surface area (TPSA) is 59.0 Å². The minimum Gasteiger partial charge on any atom is -0.347 e. The number of carbonyl (C=O) groups excluding carboxylic acids is 1. The Morgan fingerprint density at radius 1 is 1.19 bits per heavy atom. The fourth-order valence-corrected chi connectivity index (χ4v) is 4.23. The summed E-state index contributed by atoms with van der Waals surface area (Å²) in [4.78, 5) is 12.9. The molecule has 0 aliphatic carbocycles. The van der Waals surface area contributed by atoms with Crippen molar-refractivity contribution in [2.24, 2.45) is 7.05 Å². The van der Waals surface area contributed by atoms with E-state index in [0.717, 1.165) is 17.3 Å². The molecular formula is C22H22Cl2F2N4O. The maximum absolute atomic E-state index is 13.7. The van der Waals surface area contributed by atoms with E-state index in [2.05, 4.69) is 15.7 Å². The summed E-state index contributed by atoms with van der Waals surface area (Å²) in [5.74, 6) is -1.77. The summed E-state index contributed by atoms with van der Waals surface area (Å²) >= 11 is 6.40. The van der Waals surface area contributed by atoms with Crippen molar-refractivity contribution >= 4 is 29.9 Å². The number of aromatic nitrogens is 2. The highest BCUT2D eigenvalue weighted by molar-refractivity contribution is 6.34. The molecule has 2 atom stereocenters. The first-order chi connectivity index (χ1) is 14.4. The molecule has 1 saturated heterocycles. The minimum absolute atomic E-state index is 0. The Hall–Kier alpha value is -2.48. The highest BCUT2D eigenvalue weighted by Crippen LogP contribution is 2.29. The molecule has 1 aromatic heterocycles. The van der Waals surface area contributed by atoms with E-state index in [1.54, 1.807) is 23.0 Å². The molecular weight excluding hydrogens is 445 g/mol. The van der Waals surface area contributed by atoms with E-state index in [0.29, 0.717) is 35.7 Å². The molecule has 31 heavy (non-hydrogen) atoms. The van der Waals surface area contributed by atoms with Crippen LogP contribution in [0.1, 0.15) is 28.3 Å². The van der Waals surface area contributed by atoms with Crippen LogP contribution in [0.3, 0.4) is 0 Å². The van der Waals surface area contributed by atoms with Crippen LogP contribution < -0.4 is 10.6 Å². The zero-order valence-electron chi connectivity index (χ0n) is 16.7. The van der Waals surface area contributed by atoms with Crippen molar-refractivity contribution in [3.63, 3.8) is 0 Å². The standard InChI is InChI=1S/C22H21ClF2N4O.ClH/c1-29-21(5-7-27-29)13-2-3-18(19(23)10-13)22(30)28-20-12-26-6-4-17(20)14-8-15(24)11-16(25)9-14;/h2-3,5,7-11,17,20,26H,4,6,12H2,1H3,(H,28,30);1H/t17-,20+;/m0./s1. The van der Waals surface area contributed by atoms with Gasteiger partial charge in [-0.15, -0.1) is 12.4 Å². The third kappa shape index (κ3) is 5.06. The van der Waals surface area contributed by atoms with Crippen molar-refractivity contribution in [3.8, 4) is 11.3 Å². The van der Waals surface area contributed by atoms with Crippen LogP contribution in [0.2, 0.25) is 5.02 Å². The molecule has 4 rings (SSSR count). The lowest BCUT2D eigenvalue weighted by atomic mass is 9.85. The number of rotatable bonds is 4. The Labute approximate surface area is 190 Å². The molecule has 0 unspecified atom stereocenters. The van der Waals surface area contributed by atoms with Gasteiger partial charge in [-0.2, -0.15) is 5.10 Å². The molecule has 0 bridgehead atoms. The van der Waals surface area contributed by atoms with Crippen LogP contribution in [0.5, 0.6) is 0 Å². The molecule has 1 amide bonds. The fourth-order valence-electron chi connectivity index (χ4n) is 3.96. The molecule has 0 saturated carbocycles. The van der Waals surface area contributed by atoms with Crippen LogP contribution in [0.4, 0.5) is 8.78 Å². The van der Waals surface area contributed by atoms with Crippen molar-refractivity contribution < 1.29 is 13.6 Å². The number of hydrogen-bond acceptors (Lipinski definition) is 3. The van der Waals surface area contributed by atoms with Crippen LogP contribution in [0, 0.1) is 11.6 Å². The molecule has 2 aromatic carbocycles. The minimum atomic E-state index is -0.623. The second-order valence-electron chi connectivity index (χ2n) is 7.42. The molecule has 3 aromatic rings. The van der Waals surface area contributed by atoms with Gasteiger partial charge in [-0.1, -0.05) is 17.7 Å². The molecule has 1 aliphatic rings. The highest BCUT2D eigenvalue weighted by atomic mass is 35.5. The number of benzene rings is 2. The largest absolute Gasteiger partial charge is 0.347 e. The summed E-state index contributed by atoms with van der Waals surface area (Å²) < 4.78 is 29.1. The van der Waals surface area contributed by atoms with E-state index in [-0.39, 0.29) is 30.3 Å². The van der Waals surface area contributed by atoms with Crippen LogP contribution >= 0.6 is 24.0 Å². The number of halogens is 4. The molecule has 0 radical (unpaired) electrons. The van der Waals surface area contributed by atoms with Crippen LogP contribution in [0.15, 0.2) is 48.7 Å². The summed E-state index contributed by atoms with van der Waals surface area (Å²) in [6.07, 6.45) is 2.34. The average Bonchev–Trinajstić information content (AvgIpc) is 3.13. The van der Waals surface area contributed by atoms with Crippen LogP contribution in [0.25, 0.3) is 11.3 Å². The summed E-state index contributed by atoms with van der Waals surface area (Å²) in [6, 6.07) is 10.3. The third-order valence-corrected chi connectivity index (χ3v) is 5.75. The van der Waals surface area contributed by atoms with E-state index < -0.39 is 11.6 Å². The number of amides is 1. The van der Waals surface area contributed by atoms with Gasteiger partial charge in [0.1, 0.15) is 11.6 Å². The van der Waals surface area contributed by atoms with Crippen molar-refractivity contribution in [1.29, 1.82) is 0 Å². The van der Waals surface area contributed by atoms with Gasteiger partial charge >= 0.3 is 0 Å². The number of nitrogens with zero attached hydrogens (tertiary/aromatic N) is 2. The molecule has 0 spiro atoms. The third-order valence-electron chi connectivity index (χ3n) is 5.44. The van der Waals surface area contributed by atoms with E-state index >= 15 is 0 Å². The Kier molecular flexibility index (Phi) is 7.30. The Balaban J connectivity index is 0.00000272. The lowest BCUT2D eigenvalue weighted by Crippen LogP contribution is -2.50. The Morgan fingerprint density at radius 2 is 1.94 bits per heavy atom. The normalized spacial score (nSPS) is 18.3. The van der Waals surface area contributed by atoms with Gasteiger partial charge in [0, 0.05) is 43.4 Å². The van der Waals surface area contributed by atoms with Gasteiger partial charge in [-0.25, -0.2) is 8.78 Å². The predicted octanol–water partition coefficient (Wildman–Crippen LogP) is 4.32. The van der Waals surface area contributed by atoms with Gasteiger partial charge in [0.25, 0.3) is 5.91 Å². The van der Waals surface area contributed by atoms with Crippen molar-refractivity contribution in [3.05, 3.63) is 76.4 Å². The predicted molar refractivity (Wildman–Crippen MR) is 119 cm³/mol. The monoisotopic (exact) mass is 466 g/mol. The number of aryl methyl sites for hydroxylation is 1. The molecule has 9 heteroatoms. The number of carbonyl (C=O) groups is 1. The van der Waals surface area contributed by atoms with E-state index in [1.165, 1.54) is 12.1 Å². The van der Waals surface area contributed by atoms with Crippen LogP contribution in [-0.2, 0) is 7.05 Å². The molecule has 1 aliphatic heterocycles. The second-order valence-corrected chi connectivity index (χ2v) is 7.82. The van der Waals surface area contributed by atoms with Gasteiger partial charge in [0.2, 0.25) is 0 Å². The summed E-state index contributed by atoms with van der Waals surface area (Å²) in [5, 5.41) is 10.7. The Bertz CT molecular complexity index is 1070. The first kappa shape index (κ1) is 23.2. The molecule has 2 N–H and O–H groups in total. The number of nitrogens with one attached hydrogen (secondary N) is 2. The van der Waals surface area contributed by atoms with Crippen molar-refractivity contribution in [2.45, 2.75) is 18.4 Å². The quantitative estimate of drug-likeness (QED) is 0.601. The molecule has 164 valence electrons. The number of hydrogen-bond donors (Lipinski definition) is 2. The van der Waals surface area contributed by atoms with E-state index in [4.69, 9.17) is 11.6 Å². The summed E-state index contributed by atoms with van der Waals surface area (Å²) in [5.41, 5.74) is 2.62. The number of piperidine rings is 1. The van der Waals surface area contributed by atoms with E-state index in [1.807, 2.05) is 19.2 Å². The summed E-state index contributed by atoms with van der Waals surface area (Å²) in [6.45, 7) is 1.20. The van der Waals surface area contributed by atoms with E-state index in [9.17, 15) is 13.6 Å². The molecule has 1 fully saturated rings. The van der Waals surface area contributed by atoms with Crippen LogP contribution in [-0.4, -0.2) is 34.8 Å². The Morgan fingerprint density at radius 3 is 2.58 bits per heavy atom. The van der Waals surface area contributed by atoms with Gasteiger partial charge < -0.3 is 10.6 Å². The summed E-state index contributed by atoms with van der Waals surface area (Å²) in [7, 11) is 1.83. The zero-order valence-corrected chi connectivity index (χ0v) is 18.3. The zero-order chi connectivity index (χ0) is 21.3. The SMILES string of the molecule is Cl.Cn1nccc1-c1ccc(C(=O)N[C@@H]2CNCC[C@H]2c2cc(F)cc(F)c2)c(Cl)c1. The molecule has 2 heterocycles. The van der Waals surface area contributed by atoms with Gasteiger partial charge in [0.05, 0.1) is 16.3 Å².